The Hall–Kier alpha value is -1.80. The highest BCUT2D eigenvalue weighted by Crippen LogP contribution is 2.37. The van der Waals surface area contributed by atoms with Gasteiger partial charge in [0.05, 0.1) is 6.61 Å². The molecule has 1 aliphatic heterocycles. The number of aliphatic hydroxyl groups is 1. The summed E-state index contributed by atoms with van der Waals surface area (Å²) in [5.41, 5.74) is 6.63. The van der Waals surface area contributed by atoms with E-state index in [1.165, 1.54) is 16.7 Å². The maximum atomic E-state index is 10.8. The van der Waals surface area contributed by atoms with Crippen LogP contribution in [0.15, 0.2) is 30.3 Å². The van der Waals surface area contributed by atoms with E-state index in [2.05, 4.69) is 39.0 Å². The smallest absolute Gasteiger partial charge is 0.128 e. The number of aryl methyl sites for hydroxylation is 3. The van der Waals surface area contributed by atoms with Crippen molar-refractivity contribution < 1.29 is 9.84 Å². The monoisotopic (exact) mass is 268 g/mol. The molecule has 0 aliphatic carbocycles. The fraction of sp³-hybridized carbons (Fsp3) is 0.333. The molecule has 0 spiro atoms. The summed E-state index contributed by atoms with van der Waals surface area (Å²) in [6.07, 6.45) is 0.310. The Morgan fingerprint density at radius 2 is 1.75 bits per heavy atom. The Morgan fingerprint density at radius 3 is 2.55 bits per heavy atom. The largest absolute Gasteiger partial charge is 0.493 e. The Balaban J connectivity index is 2.08. The average molecular weight is 268 g/mol. The van der Waals surface area contributed by atoms with E-state index in [1.807, 2.05) is 12.1 Å². The molecule has 0 aromatic heterocycles. The second-order valence-electron chi connectivity index (χ2n) is 5.63. The lowest BCUT2D eigenvalue weighted by Gasteiger charge is -2.18. The Labute approximate surface area is 120 Å². The van der Waals surface area contributed by atoms with E-state index in [0.717, 1.165) is 28.9 Å². The number of para-hydroxylation sites is 1. The highest BCUT2D eigenvalue weighted by atomic mass is 16.5. The van der Waals surface area contributed by atoms with Crippen molar-refractivity contribution in [2.45, 2.75) is 33.3 Å². The number of hydrogen-bond acceptors (Lipinski definition) is 2. The number of fused-ring (bicyclic) bond motifs is 1. The Bertz CT molecular complexity index is 659. The number of benzene rings is 2. The van der Waals surface area contributed by atoms with Gasteiger partial charge in [-0.1, -0.05) is 30.3 Å². The van der Waals surface area contributed by atoms with Crippen molar-refractivity contribution in [1.82, 2.24) is 0 Å². The lowest BCUT2D eigenvalue weighted by atomic mass is 9.92. The summed E-state index contributed by atoms with van der Waals surface area (Å²) in [5, 5.41) is 10.8. The molecule has 1 unspecified atom stereocenters. The number of ether oxygens (including phenoxy) is 1. The first kappa shape index (κ1) is 13.2. The molecule has 3 rings (SSSR count). The van der Waals surface area contributed by atoms with Crippen molar-refractivity contribution in [1.29, 1.82) is 0 Å². The molecule has 0 radical (unpaired) electrons. The van der Waals surface area contributed by atoms with Crippen LogP contribution < -0.4 is 4.74 Å². The molecular weight excluding hydrogens is 248 g/mol. The fourth-order valence-corrected chi connectivity index (χ4v) is 2.90. The molecule has 2 nitrogen and oxygen atoms in total. The van der Waals surface area contributed by atoms with Crippen LogP contribution >= 0.6 is 0 Å². The van der Waals surface area contributed by atoms with Gasteiger partial charge in [0, 0.05) is 12.0 Å². The number of aliphatic hydroxyl groups excluding tert-OH is 1. The Kier molecular flexibility index (Phi) is 3.27. The molecule has 1 N–H and O–H groups in total. The van der Waals surface area contributed by atoms with Crippen LogP contribution in [0.2, 0.25) is 0 Å². The lowest BCUT2D eigenvalue weighted by Crippen LogP contribution is -2.05. The predicted molar refractivity (Wildman–Crippen MR) is 80.4 cm³/mol. The highest BCUT2D eigenvalue weighted by Gasteiger charge is 2.23. The van der Waals surface area contributed by atoms with Crippen molar-refractivity contribution in [3.05, 3.63) is 63.7 Å². The minimum atomic E-state index is -0.623. The van der Waals surface area contributed by atoms with Crippen molar-refractivity contribution in [3.8, 4) is 5.75 Å². The first-order chi connectivity index (χ1) is 9.58. The maximum Gasteiger partial charge on any atom is 0.128 e. The summed E-state index contributed by atoms with van der Waals surface area (Å²) < 4.78 is 5.71. The second kappa shape index (κ2) is 4.95. The highest BCUT2D eigenvalue weighted by molar-refractivity contribution is 5.50. The minimum absolute atomic E-state index is 0.623. The van der Waals surface area contributed by atoms with Gasteiger partial charge in [0.2, 0.25) is 0 Å². The van der Waals surface area contributed by atoms with Crippen LogP contribution in [0, 0.1) is 20.8 Å². The molecule has 2 aromatic rings. The van der Waals surface area contributed by atoms with Crippen LogP contribution in [0.3, 0.4) is 0 Å². The predicted octanol–water partition coefficient (Wildman–Crippen LogP) is 3.63. The summed E-state index contributed by atoms with van der Waals surface area (Å²) in [7, 11) is 0. The molecule has 2 heteroatoms. The second-order valence-corrected chi connectivity index (χ2v) is 5.63. The standard InChI is InChI=1S/C18H20O2/c1-11-9-13(3)16(10-12(11)2)17(19)15-6-4-5-14-7-8-20-18(14)15/h4-6,9-10,17,19H,7-8H2,1-3H3. The van der Waals surface area contributed by atoms with Gasteiger partial charge in [0.15, 0.2) is 0 Å². The molecule has 104 valence electrons. The van der Waals surface area contributed by atoms with Crippen molar-refractivity contribution in [2.75, 3.05) is 6.61 Å². The number of rotatable bonds is 2. The quantitative estimate of drug-likeness (QED) is 0.901. The van der Waals surface area contributed by atoms with Gasteiger partial charge in [-0.3, -0.25) is 0 Å². The topological polar surface area (TPSA) is 29.5 Å². The van der Waals surface area contributed by atoms with E-state index in [4.69, 9.17) is 4.74 Å². The molecule has 0 saturated carbocycles. The average Bonchev–Trinajstić information content (AvgIpc) is 2.90. The molecule has 0 saturated heterocycles. The van der Waals surface area contributed by atoms with Gasteiger partial charge >= 0.3 is 0 Å². The van der Waals surface area contributed by atoms with Crippen LogP contribution in [0.1, 0.15) is 39.5 Å². The summed E-state index contributed by atoms with van der Waals surface area (Å²) in [5.74, 6) is 0.873. The summed E-state index contributed by atoms with van der Waals surface area (Å²) in [4.78, 5) is 0. The molecule has 20 heavy (non-hydrogen) atoms. The molecule has 1 heterocycles. The van der Waals surface area contributed by atoms with E-state index < -0.39 is 6.10 Å². The summed E-state index contributed by atoms with van der Waals surface area (Å²) in [6, 6.07) is 10.3. The summed E-state index contributed by atoms with van der Waals surface area (Å²) in [6.45, 7) is 6.94. The Morgan fingerprint density at radius 1 is 1.00 bits per heavy atom. The van der Waals surface area contributed by atoms with E-state index in [9.17, 15) is 5.11 Å². The summed E-state index contributed by atoms with van der Waals surface area (Å²) >= 11 is 0. The molecule has 0 fully saturated rings. The third-order valence-electron chi connectivity index (χ3n) is 4.22. The first-order valence-corrected chi connectivity index (χ1v) is 7.08. The van der Waals surface area contributed by atoms with E-state index in [0.29, 0.717) is 6.61 Å². The van der Waals surface area contributed by atoms with E-state index in [1.54, 1.807) is 0 Å². The van der Waals surface area contributed by atoms with Crippen molar-refractivity contribution in [3.63, 3.8) is 0 Å². The molecule has 0 bridgehead atoms. The van der Waals surface area contributed by atoms with E-state index >= 15 is 0 Å². The van der Waals surface area contributed by atoms with Crippen molar-refractivity contribution in [2.24, 2.45) is 0 Å². The van der Waals surface area contributed by atoms with Gasteiger partial charge in [-0.05, 0) is 48.6 Å². The van der Waals surface area contributed by atoms with Gasteiger partial charge in [-0.15, -0.1) is 0 Å². The molecule has 2 aromatic carbocycles. The molecule has 0 amide bonds. The van der Waals surface area contributed by atoms with Gasteiger partial charge < -0.3 is 9.84 Å². The van der Waals surface area contributed by atoms with Crippen LogP contribution in [-0.4, -0.2) is 11.7 Å². The zero-order valence-corrected chi connectivity index (χ0v) is 12.2. The SMILES string of the molecule is Cc1cc(C)c(C(O)c2cccc3c2OCC3)cc1C. The first-order valence-electron chi connectivity index (χ1n) is 7.08. The van der Waals surface area contributed by atoms with Crippen LogP contribution in [0.5, 0.6) is 5.75 Å². The van der Waals surface area contributed by atoms with Crippen LogP contribution in [0.4, 0.5) is 0 Å². The molecule has 1 aliphatic rings. The van der Waals surface area contributed by atoms with Crippen LogP contribution in [-0.2, 0) is 6.42 Å². The van der Waals surface area contributed by atoms with Crippen LogP contribution in [0.25, 0.3) is 0 Å². The van der Waals surface area contributed by atoms with Gasteiger partial charge in [-0.25, -0.2) is 0 Å². The molecule has 1 atom stereocenters. The maximum absolute atomic E-state index is 10.8. The van der Waals surface area contributed by atoms with Gasteiger partial charge in [0.1, 0.15) is 11.9 Å². The third-order valence-corrected chi connectivity index (χ3v) is 4.22. The van der Waals surface area contributed by atoms with Gasteiger partial charge in [-0.2, -0.15) is 0 Å². The number of hydrogen-bond donors (Lipinski definition) is 1. The lowest BCUT2D eigenvalue weighted by molar-refractivity contribution is 0.213. The van der Waals surface area contributed by atoms with Crippen molar-refractivity contribution >= 4 is 0 Å². The molecular formula is C18H20O2. The zero-order valence-electron chi connectivity index (χ0n) is 12.2. The zero-order chi connectivity index (χ0) is 14.3. The van der Waals surface area contributed by atoms with Gasteiger partial charge in [0.25, 0.3) is 0 Å². The fourth-order valence-electron chi connectivity index (χ4n) is 2.90. The minimum Gasteiger partial charge on any atom is -0.493 e. The normalized spacial score (nSPS) is 14.8. The van der Waals surface area contributed by atoms with E-state index in [-0.39, 0.29) is 0 Å². The third kappa shape index (κ3) is 2.10.